The average Bonchev–Trinajstić information content (AvgIpc) is 3.48. The van der Waals surface area contributed by atoms with Gasteiger partial charge in [-0.2, -0.15) is 0 Å². The minimum Gasteiger partial charge on any atom is -0.491 e. The number of benzene rings is 2. The van der Waals surface area contributed by atoms with Crippen LogP contribution in [0.5, 0.6) is 5.75 Å². The van der Waals surface area contributed by atoms with Crippen molar-refractivity contribution < 1.29 is 14.6 Å². The van der Waals surface area contributed by atoms with Gasteiger partial charge in [0.2, 0.25) is 0 Å². The van der Waals surface area contributed by atoms with E-state index in [0.717, 1.165) is 48.2 Å². The second-order valence-electron chi connectivity index (χ2n) is 8.94. The summed E-state index contributed by atoms with van der Waals surface area (Å²) in [7, 11) is 0. The number of piperidine rings is 1. The van der Waals surface area contributed by atoms with Crippen molar-refractivity contribution >= 4 is 28.3 Å². The molecule has 2 aliphatic rings. The van der Waals surface area contributed by atoms with Crippen LogP contribution < -0.4 is 15.0 Å². The molecule has 0 saturated carbocycles. The molecule has 3 heterocycles. The van der Waals surface area contributed by atoms with E-state index in [1.165, 1.54) is 18.5 Å². The highest BCUT2D eigenvalue weighted by Gasteiger charge is 2.26. The predicted octanol–water partition coefficient (Wildman–Crippen LogP) is 5.04. The lowest BCUT2D eigenvalue weighted by Gasteiger charge is -2.32. The summed E-state index contributed by atoms with van der Waals surface area (Å²) in [6, 6.07) is 13.9. The van der Waals surface area contributed by atoms with Gasteiger partial charge in [0.1, 0.15) is 18.7 Å². The van der Waals surface area contributed by atoms with Crippen molar-refractivity contribution in [2.45, 2.75) is 45.4 Å². The normalized spacial score (nSPS) is 16.0. The van der Waals surface area contributed by atoms with Crippen molar-refractivity contribution in [3.8, 4) is 5.75 Å². The SMILES string of the molecule is CC.O=C(Nc1ccc(N2CCCC2)cc1)N1CCC(c2ncnc3cc(OCCO)ccc23)CC1. The third-order valence-corrected chi connectivity index (χ3v) is 6.76. The number of hydrogen-bond donors (Lipinski definition) is 2. The fraction of sp³-hybridized carbons (Fsp3) is 0.464. The third-order valence-electron chi connectivity index (χ3n) is 6.76. The molecule has 36 heavy (non-hydrogen) atoms. The topological polar surface area (TPSA) is 90.8 Å². The second kappa shape index (κ2) is 12.5. The summed E-state index contributed by atoms with van der Waals surface area (Å²) in [5, 5.41) is 13.0. The van der Waals surface area contributed by atoms with E-state index >= 15 is 0 Å². The highest BCUT2D eigenvalue weighted by Crippen LogP contribution is 2.32. The van der Waals surface area contributed by atoms with E-state index in [1.807, 2.05) is 49.1 Å². The zero-order valence-electron chi connectivity index (χ0n) is 21.3. The standard InChI is InChI=1S/C26H31N5O3.C2H6/c32-15-16-34-22-7-8-23-24(17-22)27-18-28-25(23)19-9-13-31(14-10-19)26(33)29-20-3-5-21(6-4-20)30-11-1-2-12-30;1-2/h3-8,17-19,32H,1-2,9-16H2,(H,29,33);1-2H3. The third kappa shape index (κ3) is 6.05. The van der Waals surface area contributed by atoms with E-state index in [1.54, 1.807) is 6.33 Å². The number of likely N-dealkylation sites (tertiary alicyclic amines) is 1. The lowest BCUT2D eigenvalue weighted by atomic mass is 9.91. The zero-order valence-corrected chi connectivity index (χ0v) is 21.3. The maximum atomic E-state index is 12.8. The molecule has 0 atom stereocenters. The van der Waals surface area contributed by atoms with Gasteiger partial charge in [0.05, 0.1) is 17.8 Å². The highest BCUT2D eigenvalue weighted by molar-refractivity contribution is 5.89. The smallest absolute Gasteiger partial charge is 0.321 e. The van der Waals surface area contributed by atoms with Crippen LogP contribution in [0.1, 0.15) is 51.1 Å². The Balaban J connectivity index is 0.00000148. The fourth-order valence-corrected chi connectivity index (χ4v) is 4.93. The van der Waals surface area contributed by atoms with Gasteiger partial charge in [0.25, 0.3) is 0 Å². The van der Waals surface area contributed by atoms with Gasteiger partial charge in [-0.15, -0.1) is 0 Å². The van der Waals surface area contributed by atoms with E-state index in [2.05, 4.69) is 32.3 Å². The van der Waals surface area contributed by atoms with Crippen molar-refractivity contribution in [2.24, 2.45) is 0 Å². The maximum Gasteiger partial charge on any atom is 0.321 e. The van der Waals surface area contributed by atoms with Gasteiger partial charge in [-0.1, -0.05) is 13.8 Å². The van der Waals surface area contributed by atoms with Crippen molar-refractivity contribution in [2.75, 3.05) is 49.6 Å². The maximum absolute atomic E-state index is 12.8. The Morgan fingerprint density at radius 3 is 2.44 bits per heavy atom. The predicted molar refractivity (Wildman–Crippen MR) is 144 cm³/mol. The molecule has 0 aliphatic carbocycles. The van der Waals surface area contributed by atoms with E-state index in [4.69, 9.17) is 9.84 Å². The summed E-state index contributed by atoms with van der Waals surface area (Å²) in [6.45, 7) is 7.83. The number of aromatic nitrogens is 2. The molecule has 2 saturated heterocycles. The van der Waals surface area contributed by atoms with Gasteiger partial charge < -0.3 is 25.0 Å². The molecule has 5 rings (SSSR count). The Labute approximate surface area is 213 Å². The monoisotopic (exact) mass is 491 g/mol. The first-order chi connectivity index (χ1) is 17.7. The van der Waals surface area contributed by atoms with Crippen LogP contribution in [0.3, 0.4) is 0 Å². The Kier molecular flexibility index (Phi) is 8.95. The molecule has 0 bridgehead atoms. The molecule has 2 aromatic carbocycles. The van der Waals surface area contributed by atoms with Crippen LogP contribution in [-0.2, 0) is 0 Å². The number of fused-ring (bicyclic) bond motifs is 1. The Hall–Kier alpha value is -3.39. The van der Waals surface area contributed by atoms with Crippen LogP contribution >= 0.6 is 0 Å². The first kappa shape index (κ1) is 25.7. The summed E-state index contributed by atoms with van der Waals surface area (Å²) < 4.78 is 5.51. The Morgan fingerprint density at radius 2 is 1.75 bits per heavy atom. The largest absolute Gasteiger partial charge is 0.491 e. The molecule has 8 nitrogen and oxygen atoms in total. The number of aliphatic hydroxyl groups is 1. The molecular formula is C28H37N5O3. The molecule has 2 fully saturated rings. The van der Waals surface area contributed by atoms with Gasteiger partial charge >= 0.3 is 6.03 Å². The Bertz CT molecular complexity index is 1120. The van der Waals surface area contributed by atoms with Crippen molar-refractivity contribution in [1.82, 2.24) is 14.9 Å². The molecule has 0 unspecified atom stereocenters. The van der Waals surface area contributed by atoms with Gasteiger partial charge in [0.15, 0.2) is 0 Å². The second-order valence-corrected chi connectivity index (χ2v) is 8.94. The summed E-state index contributed by atoms with van der Waals surface area (Å²) in [4.78, 5) is 26.1. The van der Waals surface area contributed by atoms with Crippen LogP contribution in [0, 0.1) is 0 Å². The summed E-state index contributed by atoms with van der Waals surface area (Å²) in [5.74, 6) is 0.963. The quantitative estimate of drug-likeness (QED) is 0.502. The lowest BCUT2D eigenvalue weighted by molar-refractivity contribution is 0.194. The highest BCUT2D eigenvalue weighted by atomic mass is 16.5. The number of nitrogens with zero attached hydrogens (tertiary/aromatic N) is 4. The molecule has 3 aromatic rings. The zero-order chi connectivity index (χ0) is 25.3. The van der Waals surface area contributed by atoms with Crippen LogP contribution in [-0.4, -0.2) is 65.4 Å². The molecule has 1 aromatic heterocycles. The number of urea groups is 1. The summed E-state index contributed by atoms with van der Waals surface area (Å²) >= 11 is 0. The average molecular weight is 492 g/mol. The minimum absolute atomic E-state index is 0.0247. The molecule has 2 amide bonds. The number of nitrogens with one attached hydrogen (secondary N) is 1. The lowest BCUT2D eigenvalue weighted by Crippen LogP contribution is -2.40. The van der Waals surface area contributed by atoms with Crippen LogP contribution in [0.15, 0.2) is 48.8 Å². The van der Waals surface area contributed by atoms with E-state index in [0.29, 0.717) is 18.8 Å². The number of anilines is 2. The van der Waals surface area contributed by atoms with E-state index < -0.39 is 0 Å². The van der Waals surface area contributed by atoms with Crippen LogP contribution in [0.4, 0.5) is 16.2 Å². The fourth-order valence-electron chi connectivity index (χ4n) is 4.93. The molecule has 0 spiro atoms. The number of carbonyl (C=O) groups is 1. The number of rotatable bonds is 6. The van der Waals surface area contributed by atoms with Gasteiger partial charge in [-0.3, -0.25) is 0 Å². The van der Waals surface area contributed by atoms with E-state index in [9.17, 15) is 4.79 Å². The number of ether oxygens (including phenoxy) is 1. The number of hydrogen-bond acceptors (Lipinski definition) is 6. The van der Waals surface area contributed by atoms with Crippen LogP contribution in [0.25, 0.3) is 10.9 Å². The van der Waals surface area contributed by atoms with Gasteiger partial charge in [0, 0.05) is 54.9 Å². The van der Waals surface area contributed by atoms with Crippen molar-refractivity contribution in [3.63, 3.8) is 0 Å². The van der Waals surface area contributed by atoms with Crippen molar-refractivity contribution in [3.05, 3.63) is 54.5 Å². The molecule has 8 heteroatoms. The number of aliphatic hydroxyl groups excluding tert-OH is 1. The van der Waals surface area contributed by atoms with Gasteiger partial charge in [-0.25, -0.2) is 14.8 Å². The molecule has 0 radical (unpaired) electrons. The summed E-state index contributed by atoms with van der Waals surface area (Å²) in [6.07, 6.45) is 5.81. The molecule has 192 valence electrons. The molecule has 2 N–H and O–H groups in total. The first-order valence-electron chi connectivity index (χ1n) is 13.1. The number of amides is 2. The first-order valence-corrected chi connectivity index (χ1v) is 13.1. The summed E-state index contributed by atoms with van der Waals surface area (Å²) in [5.41, 5.74) is 3.91. The minimum atomic E-state index is -0.0504. The Morgan fingerprint density at radius 1 is 1.03 bits per heavy atom. The van der Waals surface area contributed by atoms with E-state index in [-0.39, 0.29) is 25.2 Å². The van der Waals surface area contributed by atoms with Gasteiger partial charge in [-0.05, 0) is 62.1 Å². The molecular weight excluding hydrogens is 454 g/mol. The molecule has 2 aliphatic heterocycles. The number of carbonyl (C=O) groups excluding carboxylic acids is 1. The van der Waals surface area contributed by atoms with Crippen LogP contribution in [0.2, 0.25) is 0 Å². The van der Waals surface area contributed by atoms with Crippen molar-refractivity contribution in [1.29, 1.82) is 0 Å².